The van der Waals surface area contributed by atoms with Gasteiger partial charge < -0.3 is 10.2 Å². The lowest BCUT2D eigenvalue weighted by atomic mass is 9.98. The number of fused-ring (bicyclic) bond motifs is 1. The maximum atomic E-state index is 12.4. The summed E-state index contributed by atoms with van der Waals surface area (Å²) in [5.41, 5.74) is 2.14. The van der Waals surface area contributed by atoms with Crippen LogP contribution in [-0.2, 0) is 6.54 Å². The average molecular weight is 300 g/mol. The van der Waals surface area contributed by atoms with E-state index in [-0.39, 0.29) is 12.0 Å². The van der Waals surface area contributed by atoms with Crippen LogP contribution in [0, 0.1) is 0 Å². The number of para-hydroxylation sites is 1. The molecule has 0 spiro atoms. The van der Waals surface area contributed by atoms with E-state index in [1.807, 2.05) is 24.3 Å². The van der Waals surface area contributed by atoms with E-state index in [1.165, 1.54) is 0 Å². The highest BCUT2D eigenvalue weighted by molar-refractivity contribution is 5.55. The fourth-order valence-corrected chi connectivity index (χ4v) is 2.75. The second-order valence-corrected chi connectivity index (χ2v) is 6.04. The molecule has 0 fully saturated rings. The van der Waals surface area contributed by atoms with Gasteiger partial charge in [-0.3, -0.25) is 0 Å². The lowest BCUT2D eigenvalue weighted by Crippen LogP contribution is -2.49. The smallest absolute Gasteiger partial charge is 0.369 e. The van der Waals surface area contributed by atoms with Crippen molar-refractivity contribution in [3.8, 4) is 0 Å². The summed E-state index contributed by atoms with van der Waals surface area (Å²) >= 11 is 0. The molecule has 118 valence electrons. The van der Waals surface area contributed by atoms with Gasteiger partial charge in [0.15, 0.2) is 0 Å². The molecule has 1 atom stereocenters. The van der Waals surface area contributed by atoms with Crippen molar-refractivity contribution >= 4 is 5.69 Å². The lowest BCUT2D eigenvalue weighted by Gasteiger charge is -2.34. The van der Waals surface area contributed by atoms with E-state index >= 15 is 0 Å². The first-order valence-corrected chi connectivity index (χ1v) is 7.48. The van der Waals surface area contributed by atoms with Crippen molar-refractivity contribution in [1.29, 1.82) is 0 Å². The van der Waals surface area contributed by atoms with Crippen LogP contribution in [0.5, 0.6) is 0 Å². The first kappa shape index (κ1) is 16.1. The number of alkyl halides is 3. The summed E-state index contributed by atoms with van der Waals surface area (Å²) in [6.07, 6.45) is -3.71. The Morgan fingerprint density at radius 1 is 1.29 bits per heavy atom. The maximum absolute atomic E-state index is 12.4. The number of rotatable bonds is 4. The van der Waals surface area contributed by atoms with Crippen LogP contribution in [0.3, 0.4) is 0 Å². The zero-order chi connectivity index (χ0) is 15.5. The standard InChI is InChI=1S/C16H23F3N2/c1-3-15(2)12-21(10-6-9-16(17,18)19)14-8-5-4-7-13(14)11-20-15/h4-5,7-8,20H,3,6,9-12H2,1-2H3. The number of benzene rings is 1. The summed E-state index contributed by atoms with van der Waals surface area (Å²) in [6, 6.07) is 7.97. The van der Waals surface area contributed by atoms with E-state index in [0.29, 0.717) is 6.54 Å². The van der Waals surface area contributed by atoms with Gasteiger partial charge in [0, 0.05) is 37.3 Å². The maximum Gasteiger partial charge on any atom is 0.389 e. The predicted octanol–water partition coefficient (Wildman–Crippen LogP) is 4.11. The molecule has 1 aliphatic rings. The SMILES string of the molecule is CCC1(C)CN(CCCC(F)(F)F)c2ccccc2CN1. The molecule has 0 saturated carbocycles. The van der Waals surface area contributed by atoms with Crippen molar-refractivity contribution in [3.63, 3.8) is 0 Å². The number of anilines is 1. The van der Waals surface area contributed by atoms with Crippen LogP contribution < -0.4 is 10.2 Å². The molecule has 0 amide bonds. The lowest BCUT2D eigenvalue weighted by molar-refractivity contribution is -0.135. The number of nitrogens with zero attached hydrogens (tertiary/aromatic N) is 1. The van der Waals surface area contributed by atoms with Crippen LogP contribution in [0.25, 0.3) is 0 Å². The molecule has 0 radical (unpaired) electrons. The molecule has 1 aromatic rings. The Morgan fingerprint density at radius 2 is 2.00 bits per heavy atom. The molecule has 5 heteroatoms. The van der Waals surface area contributed by atoms with Crippen LogP contribution in [0.2, 0.25) is 0 Å². The van der Waals surface area contributed by atoms with Crippen LogP contribution in [-0.4, -0.2) is 24.8 Å². The van der Waals surface area contributed by atoms with E-state index in [0.717, 1.165) is 30.8 Å². The highest BCUT2D eigenvalue weighted by Crippen LogP contribution is 2.29. The number of halogens is 3. The van der Waals surface area contributed by atoms with Gasteiger partial charge in [0.1, 0.15) is 0 Å². The van der Waals surface area contributed by atoms with Gasteiger partial charge in [0.2, 0.25) is 0 Å². The van der Waals surface area contributed by atoms with E-state index in [1.54, 1.807) is 0 Å². The molecule has 1 N–H and O–H groups in total. The van der Waals surface area contributed by atoms with Gasteiger partial charge >= 0.3 is 6.18 Å². The second-order valence-electron chi connectivity index (χ2n) is 6.04. The topological polar surface area (TPSA) is 15.3 Å². The third kappa shape index (κ3) is 4.37. The first-order chi connectivity index (χ1) is 9.83. The van der Waals surface area contributed by atoms with Crippen LogP contribution in [0.15, 0.2) is 24.3 Å². The number of nitrogens with one attached hydrogen (secondary N) is 1. The third-order valence-electron chi connectivity index (χ3n) is 4.25. The van der Waals surface area contributed by atoms with Gasteiger partial charge in [0.25, 0.3) is 0 Å². The Bertz CT molecular complexity index is 473. The van der Waals surface area contributed by atoms with Crippen molar-refractivity contribution in [3.05, 3.63) is 29.8 Å². The molecule has 0 bridgehead atoms. The molecule has 0 saturated heterocycles. The number of hydrogen-bond donors (Lipinski definition) is 1. The van der Waals surface area contributed by atoms with Crippen molar-refractivity contribution in [1.82, 2.24) is 5.32 Å². The van der Waals surface area contributed by atoms with Crippen LogP contribution >= 0.6 is 0 Å². The Kier molecular flexibility index (Phi) is 4.81. The molecule has 2 rings (SSSR count). The predicted molar refractivity (Wildman–Crippen MR) is 79.5 cm³/mol. The number of hydrogen-bond acceptors (Lipinski definition) is 2. The van der Waals surface area contributed by atoms with Crippen LogP contribution in [0.1, 0.15) is 38.7 Å². The Hall–Kier alpha value is -1.23. The molecule has 1 aliphatic heterocycles. The minimum atomic E-state index is -4.07. The monoisotopic (exact) mass is 300 g/mol. The summed E-state index contributed by atoms with van der Waals surface area (Å²) in [7, 11) is 0. The zero-order valence-electron chi connectivity index (χ0n) is 12.6. The zero-order valence-corrected chi connectivity index (χ0v) is 12.6. The Morgan fingerprint density at radius 3 is 2.67 bits per heavy atom. The van der Waals surface area contributed by atoms with Gasteiger partial charge in [-0.25, -0.2) is 0 Å². The van der Waals surface area contributed by atoms with Gasteiger partial charge in [-0.1, -0.05) is 25.1 Å². The Labute approximate surface area is 124 Å². The molecule has 0 aromatic heterocycles. The minimum absolute atomic E-state index is 0.0722. The average Bonchev–Trinajstić information content (AvgIpc) is 2.56. The minimum Gasteiger partial charge on any atom is -0.369 e. The van der Waals surface area contributed by atoms with E-state index in [4.69, 9.17) is 0 Å². The molecule has 0 aliphatic carbocycles. The van der Waals surface area contributed by atoms with Crippen LogP contribution in [0.4, 0.5) is 18.9 Å². The summed E-state index contributed by atoms with van der Waals surface area (Å²) < 4.78 is 37.1. The largest absolute Gasteiger partial charge is 0.389 e. The summed E-state index contributed by atoms with van der Waals surface area (Å²) in [6.45, 7) is 6.18. The summed E-state index contributed by atoms with van der Waals surface area (Å²) in [4.78, 5) is 2.10. The van der Waals surface area contributed by atoms with Gasteiger partial charge in [-0.15, -0.1) is 0 Å². The molecular formula is C16H23F3N2. The first-order valence-electron chi connectivity index (χ1n) is 7.48. The van der Waals surface area contributed by atoms with Gasteiger partial charge in [-0.2, -0.15) is 13.2 Å². The van der Waals surface area contributed by atoms with Gasteiger partial charge in [-0.05, 0) is 31.4 Å². The molecule has 2 nitrogen and oxygen atoms in total. The van der Waals surface area contributed by atoms with Gasteiger partial charge in [0.05, 0.1) is 0 Å². The molecular weight excluding hydrogens is 277 g/mol. The highest BCUT2D eigenvalue weighted by atomic mass is 19.4. The summed E-state index contributed by atoms with van der Waals surface area (Å²) in [5, 5.41) is 3.54. The molecule has 1 unspecified atom stereocenters. The highest BCUT2D eigenvalue weighted by Gasteiger charge is 2.31. The molecule has 21 heavy (non-hydrogen) atoms. The van der Waals surface area contributed by atoms with E-state index < -0.39 is 12.6 Å². The van der Waals surface area contributed by atoms with E-state index in [2.05, 4.69) is 24.1 Å². The van der Waals surface area contributed by atoms with Crippen molar-refractivity contribution in [2.75, 3.05) is 18.0 Å². The van der Waals surface area contributed by atoms with Crippen molar-refractivity contribution < 1.29 is 13.2 Å². The Balaban J connectivity index is 2.14. The molecule has 1 heterocycles. The normalized spacial score (nSPS) is 22.8. The quantitative estimate of drug-likeness (QED) is 0.900. The summed E-state index contributed by atoms with van der Waals surface area (Å²) in [5.74, 6) is 0. The fraction of sp³-hybridized carbons (Fsp3) is 0.625. The fourth-order valence-electron chi connectivity index (χ4n) is 2.75. The van der Waals surface area contributed by atoms with E-state index in [9.17, 15) is 13.2 Å². The van der Waals surface area contributed by atoms with Crippen molar-refractivity contribution in [2.45, 2.75) is 51.4 Å². The third-order valence-corrected chi connectivity index (χ3v) is 4.25. The second kappa shape index (κ2) is 6.26. The molecule has 1 aromatic carbocycles. The van der Waals surface area contributed by atoms with Crippen molar-refractivity contribution in [2.24, 2.45) is 0 Å².